The van der Waals surface area contributed by atoms with Crippen LogP contribution in [-0.4, -0.2) is 17.0 Å². The standard InChI is InChI=1S/C11H12N2S/c14-8-12-6-5-9-7-13-11-4-2-1-3-10(9)11/h1-4,7-8,13H,5-6H2,(H,12,14). The van der Waals surface area contributed by atoms with Gasteiger partial charge in [0.1, 0.15) is 0 Å². The van der Waals surface area contributed by atoms with Crippen LogP contribution in [0.2, 0.25) is 0 Å². The first kappa shape index (κ1) is 9.21. The molecule has 2 aromatic rings. The smallest absolute Gasteiger partial charge is 0.0614 e. The highest BCUT2D eigenvalue weighted by atomic mass is 32.1. The van der Waals surface area contributed by atoms with Gasteiger partial charge < -0.3 is 10.3 Å². The second-order valence-corrected chi connectivity index (χ2v) is 3.42. The zero-order chi connectivity index (χ0) is 9.80. The van der Waals surface area contributed by atoms with Gasteiger partial charge in [0.05, 0.1) is 5.49 Å². The molecule has 0 atom stereocenters. The van der Waals surface area contributed by atoms with Crippen molar-refractivity contribution in [3.05, 3.63) is 36.0 Å². The molecule has 2 rings (SSSR count). The minimum atomic E-state index is 0.894. The van der Waals surface area contributed by atoms with Gasteiger partial charge >= 0.3 is 0 Å². The lowest BCUT2D eigenvalue weighted by Gasteiger charge is -1.98. The van der Waals surface area contributed by atoms with Crippen LogP contribution in [0.1, 0.15) is 5.56 Å². The van der Waals surface area contributed by atoms with Crippen molar-refractivity contribution in [3.63, 3.8) is 0 Å². The van der Waals surface area contributed by atoms with Crippen LogP contribution in [0.25, 0.3) is 10.9 Å². The molecule has 0 fully saturated rings. The van der Waals surface area contributed by atoms with Crippen LogP contribution < -0.4 is 5.32 Å². The van der Waals surface area contributed by atoms with Crippen LogP contribution in [0.4, 0.5) is 0 Å². The number of nitrogens with one attached hydrogen (secondary N) is 2. The molecule has 0 radical (unpaired) electrons. The van der Waals surface area contributed by atoms with Crippen molar-refractivity contribution in [2.24, 2.45) is 0 Å². The lowest BCUT2D eigenvalue weighted by Crippen LogP contribution is -2.12. The molecule has 2 N–H and O–H groups in total. The van der Waals surface area contributed by atoms with Crippen molar-refractivity contribution in [1.82, 2.24) is 10.3 Å². The Labute approximate surface area is 88.3 Å². The summed E-state index contributed by atoms with van der Waals surface area (Å²) < 4.78 is 0. The first-order chi connectivity index (χ1) is 6.92. The highest BCUT2D eigenvalue weighted by Crippen LogP contribution is 2.17. The van der Waals surface area contributed by atoms with E-state index < -0.39 is 0 Å². The monoisotopic (exact) mass is 204 g/mol. The summed E-state index contributed by atoms with van der Waals surface area (Å²) in [5.41, 5.74) is 4.10. The highest BCUT2D eigenvalue weighted by Gasteiger charge is 2.00. The summed E-state index contributed by atoms with van der Waals surface area (Å²) in [6.07, 6.45) is 3.06. The number of para-hydroxylation sites is 1. The molecule has 0 saturated carbocycles. The molecular formula is C11H12N2S. The molecule has 0 aliphatic carbocycles. The summed E-state index contributed by atoms with van der Waals surface area (Å²) in [5.74, 6) is 0. The Kier molecular flexibility index (Phi) is 2.79. The Balaban J connectivity index is 2.20. The maximum Gasteiger partial charge on any atom is 0.0614 e. The molecule has 3 heteroatoms. The Bertz CT molecular complexity index is 434. The van der Waals surface area contributed by atoms with Gasteiger partial charge in [0.15, 0.2) is 0 Å². The van der Waals surface area contributed by atoms with E-state index in [1.165, 1.54) is 16.5 Å². The van der Waals surface area contributed by atoms with Gasteiger partial charge in [-0.1, -0.05) is 30.4 Å². The Morgan fingerprint density at radius 1 is 1.36 bits per heavy atom. The van der Waals surface area contributed by atoms with Crippen molar-refractivity contribution in [3.8, 4) is 0 Å². The van der Waals surface area contributed by atoms with E-state index in [9.17, 15) is 0 Å². The zero-order valence-electron chi connectivity index (χ0n) is 7.79. The quantitative estimate of drug-likeness (QED) is 0.590. The summed E-state index contributed by atoms with van der Waals surface area (Å²) in [7, 11) is 0. The van der Waals surface area contributed by atoms with E-state index in [2.05, 4.69) is 34.7 Å². The average Bonchev–Trinajstić information content (AvgIpc) is 2.63. The second kappa shape index (κ2) is 4.24. The van der Waals surface area contributed by atoms with Gasteiger partial charge in [-0.25, -0.2) is 0 Å². The lowest BCUT2D eigenvalue weighted by molar-refractivity contribution is 0.891. The largest absolute Gasteiger partial charge is 0.382 e. The molecule has 1 heterocycles. The summed E-state index contributed by atoms with van der Waals surface area (Å²) in [5, 5.41) is 4.33. The van der Waals surface area contributed by atoms with Gasteiger partial charge in [-0.3, -0.25) is 0 Å². The number of thiocarbonyl (C=S) groups is 1. The van der Waals surface area contributed by atoms with Gasteiger partial charge in [0, 0.05) is 23.6 Å². The maximum atomic E-state index is 4.70. The number of aromatic nitrogens is 1. The third-order valence-electron chi connectivity index (χ3n) is 2.30. The summed E-state index contributed by atoms with van der Waals surface area (Å²) >= 11 is 4.70. The van der Waals surface area contributed by atoms with Crippen LogP contribution in [0.15, 0.2) is 30.5 Å². The third kappa shape index (κ3) is 1.77. The maximum absolute atomic E-state index is 4.70. The third-order valence-corrected chi connectivity index (χ3v) is 2.46. The molecular weight excluding hydrogens is 192 g/mol. The molecule has 1 aromatic carbocycles. The molecule has 0 amide bonds. The lowest BCUT2D eigenvalue weighted by atomic mass is 10.1. The van der Waals surface area contributed by atoms with Gasteiger partial charge in [0.2, 0.25) is 0 Å². The first-order valence-electron chi connectivity index (χ1n) is 4.64. The normalized spacial score (nSPS) is 10.3. The summed E-state index contributed by atoms with van der Waals surface area (Å²) in [4.78, 5) is 3.25. The highest BCUT2D eigenvalue weighted by molar-refractivity contribution is 7.78. The molecule has 0 aliphatic heterocycles. The van der Waals surface area contributed by atoms with E-state index in [-0.39, 0.29) is 0 Å². The minimum Gasteiger partial charge on any atom is -0.382 e. The van der Waals surface area contributed by atoms with E-state index in [4.69, 9.17) is 12.2 Å². The van der Waals surface area contributed by atoms with Gasteiger partial charge in [0.25, 0.3) is 0 Å². The number of benzene rings is 1. The molecule has 0 aliphatic rings. The van der Waals surface area contributed by atoms with Gasteiger partial charge in [-0.15, -0.1) is 0 Å². The molecule has 1 aromatic heterocycles. The number of hydrogen-bond donors (Lipinski definition) is 2. The molecule has 0 spiro atoms. The Hall–Kier alpha value is -1.35. The number of H-pyrrole nitrogens is 1. The molecule has 0 saturated heterocycles. The van der Waals surface area contributed by atoms with E-state index in [1.807, 2.05) is 6.07 Å². The number of hydrogen-bond acceptors (Lipinski definition) is 1. The first-order valence-corrected chi connectivity index (χ1v) is 5.11. The van der Waals surface area contributed by atoms with E-state index in [0.29, 0.717) is 0 Å². The summed E-state index contributed by atoms with van der Waals surface area (Å²) in [6.45, 7) is 0.894. The van der Waals surface area contributed by atoms with Crippen LogP contribution >= 0.6 is 12.2 Å². The number of aromatic amines is 1. The van der Waals surface area contributed by atoms with Crippen molar-refractivity contribution < 1.29 is 0 Å². The number of rotatable bonds is 4. The van der Waals surface area contributed by atoms with Crippen LogP contribution in [-0.2, 0) is 6.42 Å². The SMILES string of the molecule is S=CNCCc1c[nH]c2ccccc12. The topological polar surface area (TPSA) is 27.8 Å². The van der Waals surface area contributed by atoms with Gasteiger partial charge in [-0.05, 0) is 18.1 Å². The molecule has 0 unspecified atom stereocenters. The number of fused-ring (bicyclic) bond motifs is 1. The van der Waals surface area contributed by atoms with Crippen molar-refractivity contribution in [2.75, 3.05) is 6.54 Å². The minimum absolute atomic E-state index is 0.894. The van der Waals surface area contributed by atoms with Crippen molar-refractivity contribution in [2.45, 2.75) is 6.42 Å². The fourth-order valence-corrected chi connectivity index (χ4v) is 1.72. The molecule has 72 valence electrons. The van der Waals surface area contributed by atoms with E-state index >= 15 is 0 Å². The van der Waals surface area contributed by atoms with E-state index in [0.717, 1.165) is 13.0 Å². The molecule has 0 bridgehead atoms. The molecule has 14 heavy (non-hydrogen) atoms. The van der Waals surface area contributed by atoms with Crippen LogP contribution in [0, 0.1) is 0 Å². The fraction of sp³-hybridized carbons (Fsp3) is 0.182. The van der Waals surface area contributed by atoms with Crippen LogP contribution in [0.5, 0.6) is 0 Å². The summed E-state index contributed by atoms with van der Waals surface area (Å²) in [6, 6.07) is 8.33. The predicted molar refractivity (Wildman–Crippen MR) is 63.7 cm³/mol. The Morgan fingerprint density at radius 3 is 3.07 bits per heavy atom. The van der Waals surface area contributed by atoms with Crippen LogP contribution in [0.3, 0.4) is 0 Å². The van der Waals surface area contributed by atoms with Crippen molar-refractivity contribution >= 4 is 28.6 Å². The van der Waals surface area contributed by atoms with Crippen molar-refractivity contribution in [1.29, 1.82) is 0 Å². The van der Waals surface area contributed by atoms with Gasteiger partial charge in [-0.2, -0.15) is 0 Å². The fourth-order valence-electron chi connectivity index (χ4n) is 1.60. The van der Waals surface area contributed by atoms with E-state index in [1.54, 1.807) is 5.49 Å². The average molecular weight is 204 g/mol. The molecule has 2 nitrogen and oxygen atoms in total. The zero-order valence-corrected chi connectivity index (χ0v) is 8.60. The predicted octanol–water partition coefficient (Wildman–Crippen LogP) is 2.26. The second-order valence-electron chi connectivity index (χ2n) is 3.18. The Morgan fingerprint density at radius 2 is 2.21 bits per heavy atom.